The number of halogens is 4. The van der Waals surface area contributed by atoms with Crippen molar-refractivity contribution in [2.24, 2.45) is 16.8 Å². The summed E-state index contributed by atoms with van der Waals surface area (Å²) in [5.74, 6) is 3.50. The Morgan fingerprint density at radius 2 is 2.18 bits per heavy atom. The van der Waals surface area contributed by atoms with Gasteiger partial charge in [0.1, 0.15) is 5.75 Å². The number of benzene rings is 1. The van der Waals surface area contributed by atoms with Crippen molar-refractivity contribution in [3.63, 3.8) is 0 Å². The lowest BCUT2D eigenvalue weighted by Crippen LogP contribution is -2.34. The van der Waals surface area contributed by atoms with Gasteiger partial charge in [0.15, 0.2) is 0 Å². The maximum Gasteiger partial charge on any atom is 0.253 e. The van der Waals surface area contributed by atoms with Crippen LogP contribution in [0.1, 0.15) is 19.8 Å². The minimum absolute atomic E-state index is 0.0310. The molecule has 1 aromatic carbocycles. The van der Waals surface area contributed by atoms with Gasteiger partial charge in [-0.1, -0.05) is 6.92 Å². The van der Waals surface area contributed by atoms with E-state index < -0.39 is 11.8 Å². The number of anilines is 2. The summed E-state index contributed by atoms with van der Waals surface area (Å²) in [4.78, 5) is 4.31. The molecule has 0 amide bonds. The lowest BCUT2D eigenvalue weighted by atomic mass is 10.1. The molecular formula is C18H23BrClF2N5O. The third-order valence-corrected chi connectivity index (χ3v) is 5.78. The molecule has 0 bridgehead atoms. The molecule has 6 nitrogen and oxygen atoms in total. The molecule has 2 atom stereocenters. The smallest absolute Gasteiger partial charge is 0.253 e. The van der Waals surface area contributed by atoms with E-state index in [2.05, 4.69) is 26.2 Å². The summed E-state index contributed by atoms with van der Waals surface area (Å²) in [7, 11) is 0. The Bertz CT molecular complexity index is 804. The fourth-order valence-electron chi connectivity index (χ4n) is 2.94. The van der Waals surface area contributed by atoms with E-state index in [0.29, 0.717) is 40.4 Å². The number of nitrogens with zero attached hydrogens (tertiary/aromatic N) is 2. The number of alkyl halides is 3. The van der Waals surface area contributed by atoms with Crippen LogP contribution in [0.3, 0.4) is 0 Å². The zero-order valence-corrected chi connectivity index (χ0v) is 17.7. The molecule has 1 aliphatic heterocycles. The number of nitrogens with one attached hydrogen (secondary N) is 1. The quantitative estimate of drug-likeness (QED) is 0.230. The molecule has 1 heterocycles. The first-order valence-electron chi connectivity index (χ1n) is 8.99. The van der Waals surface area contributed by atoms with Gasteiger partial charge < -0.3 is 20.8 Å². The fourth-order valence-corrected chi connectivity index (χ4v) is 3.60. The van der Waals surface area contributed by atoms with Crippen LogP contribution in [0.5, 0.6) is 5.75 Å². The summed E-state index contributed by atoms with van der Waals surface area (Å²) in [5.41, 5.74) is 7.89. The molecule has 154 valence electrons. The molecule has 1 aliphatic carbocycles. The average molecular weight is 479 g/mol. The first-order chi connectivity index (χ1) is 13.2. The molecule has 0 radical (unpaired) electrons. The fraction of sp³-hybridized carbons (Fsp3) is 0.500. The van der Waals surface area contributed by atoms with Gasteiger partial charge in [-0.2, -0.15) is 0 Å². The second kappa shape index (κ2) is 8.52. The molecule has 2 unspecified atom stereocenters. The third kappa shape index (κ3) is 4.76. The van der Waals surface area contributed by atoms with Gasteiger partial charge in [0.05, 0.1) is 21.2 Å². The first-order valence-corrected chi connectivity index (χ1v) is 10.2. The molecule has 0 aromatic heterocycles. The van der Waals surface area contributed by atoms with E-state index in [9.17, 15) is 8.78 Å². The van der Waals surface area contributed by atoms with Gasteiger partial charge in [-0.15, -0.1) is 11.6 Å². The summed E-state index contributed by atoms with van der Waals surface area (Å²) in [6.45, 7) is 3.47. The van der Waals surface area contributed by atoms with E-state index >= 15 is 0 Å². The summed E-state index contributed by atoms with van der Waals surface area (Å²) in [6.07, 6.45) is 2.12. The largest absolute Gasteiger partial charge is 0.438 e. The molecule has 0 saturated heterocycles. The van der Waals surface area contributed by atoms with Crippen LogP contribution in [0.15, 0.2) is 33.1 Å². The number of likely N-dealkylation sites (N-methyl/N-ethyl adjacent to an activating group) is 1. The molecule has 2 aliphatic rings. The maximum atomic E-state index is 13.2. The standard InChI is InChI=1S/C18H23BrClF2N5O/c1-2-25-7-10-5-12(20)8-26-17(10)28-14-4-3-13(16(23)15(14)19)27(24)9-11-6-18(11,21)22/h3-4,8,11-12,25H,2,5-7,9,23-24H2,1H3. The first kappa shape index (κ1) is 21.3. The van der Waals surface area contributed by atoms with E-state index in [1.807, 2.05) is 6.92 Å². The van der Waals surface area contributed by atoms with Gasteiger partial charge in [0.25, 0.3) is 5.92 Å². The topological polar surface area (TPSA) is 88.9 Å². The molecule has 0 spiro atoms. The maximum absolute atomic E-state index is 13.2. The SMILES string of the molecule is CCNCC1=C(Oc2ccc(N(N)CC3CC3(F)F)c(N)c2Br)N=CC(Cl)C1. The van der Waals surface area contributed by atoms with Gasteiger partial charge in [-0.3, -0.25) is 0 Å². The van der Waals surface area contributed by atoms with E-state index in [4.69, 9.17) is 27.9 Å². The molecule has 1 aromatic rings. The van der Waals surface area contributed by atoms with Crippen LogP contribution in [0, 0.1) is 5.92 Å². The van der Waals surface area contributed by atoms with Crippen LogP contribution in [0.25, 0.3) is 0 Å². The predicted octanol–water partition coefficient (Wildman–Crippen LogP) is 3.65. The predicted molar refractivity (Wildman–Crippen MR) is 112 cm³/mol. The highest BCUT2D eigenvalue weighted by molar-refractivity contribution is 9.10. The average Bonchev–Trinajstić information content (AvgIpc) is 3.24. The molecule has 5 N–H and O–H groups in total. The van der Waals surface area contributed by atoms with Crippen LogP contribution < -0.4 is 26.6 Å². The van der Waals surface area contributed by atoms with Crippen LogP contribution in [-0.2, 0) is 0 Å². The molecule has 1 saturated carbocycles. The Kier molecular flexibility index (Phi) is 6.48. The summed E-state index contributed by atoms with van der Waals surface area (Å²) in [6, 6.07) is 3.33. The number of nitrogens with two attached hydrogens (primary N) is 2. The molecule has 1 fully saturated rings. The zero-order chi connectivity index (χ0) is 20.5. The highest BCUT2D eigenvalue weighted by atomic mass is 79.9. The van der Waals surface area contributed by atoms with Crippen LogP contribution in [0.4, 0.5) is 20.2 Å². The number of ether oxygens (including phenoxy) is 1. The molecule has 3 rings (SSSR count). The van der Waals surface area contributed by atoms with Gasteiger partial charge in [-0.25, -0.2) is 19.6 Å². The summed E-state index contributed by atoms with van der Waals surface area (Å²) in [5, 5.41) is 4.32. The van der Waals surface area contributed by atoms with Crippen molar-refractivity contribution in [1.29, 1.82) is 0 Å². The minimum atomic E-state index is -2.64. The van der Waals surface area contributed by atoms with Crippen molar-refractivity contribution in [2.45, 2.75) is 31.1 Å². The number of nitrogen functional groups attached to an aromatic ring is 1. The second-order valence-corrected chi connectivity index (χ2v) is 8.27. The monoisotopic (exact) mass is 477 g/mol. The van der Waals surface area contributed by atoms with Crippen LogP contribution >= 0.6 is 27.5 Å². The van der Waals surface area contributed by atoms with Crippen LogP contribution in [-0.4, -0.2) is 37.1 Å². The molecule has 10 heteroatoms. The lowest BCUT2D eigenvalue weighted by Gasteiger charge is -2.23. The van der Waals surface area contributed by atoms with Gasteiger partial charge in [0.2, 0.25) is 5.88 Å². The van der Waals surface area contributed by atoms with Gasteiger partial charge >= 0.3 is 0 Å². The van der Waals surface area contributed by atoms with Gasteiger partial charge in [0, 0.05) is 37.2 Å². The van der Waals surface area contributed by atoms with Crippen molar-refractivity contribution in [3.05, 3.63) is 28.1 Å². The van der Waals surface area contributed by atoms with Crippen LogP contribution in [0.2, 0.25) is 0 Å². The second-order valence-electron chi connectivity index (χ2n) is 6.91. The minimum Gasteiger partial charge on any atom is -0.438 e. The lowest BCUT2D eigenvalue weighted by molar-refractivity contribution is 0.1000. The number of hydrogen-bond acceptors (Lipinski definition) is 6. The van der Waals surface area contributed by atoms with Gasteiger partial charge in [-0.05, 0) is 41.0 Å². The Balaban J connectivity index is 1.77. The zero-order valence-electron chi connectivity index (χ0n) is 15.4. The van der Waals surface area contributed by atoms with Crippen molar-refractivity contribution >= 4 is 45.1 Å². The summed E-state index contributed by atoms with van der Waals surface area (Å²) >= 11 is 9.59. The van der Waals surface area contributed by atoms with E-state index in [1.165, 1.54) is 5.01 Å². The number of rotatable bonds is 8. The Morgan fingerprint density at radius 1 is 1.46 bits per heavy atom. The Hall–Kier alpha value is -1.42. The van der Waals surface area contributed by atoms with E-state index in [1.54, 1.807) is 18.3 Å². The summed E-state index contributed by atoms with van der Waals surface area (Å²) < 4.78 is 32.8. The van der Waals surface area contributed by atoms with Crippen molar-refractivity contribution in [2.75, 3.05) is 30.4 Å². The number of hydrazine groups is 1. The third-order valence-electron chi connectivity index (χ3n) is 4.70. The van der Waals surface area contributed by atoms with Crippen molar-refractivity contribution < 1.29 is 13.5 Å². The van der Waals surface area contributed by atoms with Crippen molar-refractivity contribution in [3.8, 4) is 5.75 Å². The molecule has 28 heavy (non-hydrogen) atoms. The van der Waals surface area contributed by atoms with E-state index in [0.717, 1.165) is 12.1 Å². The highest BCUT2D eigenvalue weighted by Crippen LogP contribution is 2.49. The highest BCUT2D eigenvalue weighted by Gasteiger charge is 2.57. The molecular weight excluding hydrogens is 456 g/mol. The number of hydrogen-bond donors (Lipinski definition) is 3. The normalized spacial score (nSPS) is 23.1. The van der Waals surface area contributed by atoms with E-state index in [-0.39, 0.29) is 18.3 Å². The Morgan fingerprint density at radius 3 is 2.82 bits per heavy atom. The number of aliphatic imine (C=N–C) groups is 1. The van der Waals surface area contributed by atoms with Crippen molar-refractivity contribution in [1.82, 2.24) is 5.32 Å². The Labute approximate surface area is 176 Å².